The zero-order chi connectivity index (χ0) is 10.4. The van der Waals surface area contributed by atoms with Gasteiger partial charge in [-0.25, -0.2) is 0 Å². The summed E-state index contributed by atoms with van der Waals surface area (Å²) in [4.78, 5) is 0. The first-order valence-corrected chi connectivity index (χ1v) is 4.76. The Kier molecular flexibility index (Phi) is 6.92. The van der Waals surface area contributed by atoms with Gasteiger partial charge in [-0.05, 0) is 31.7 Å². The molecule has 0 aliphatic heterocycles. The molecule has 1 aromatic rings. The predicted molar refractivity (Wildman–Crippen MR) is 64.2 cm³/mol. The molecule has 86 valence electrons. The molecule has 0 aliphatic carbocycles. The molecule has 0 unspecified atom stereocenters. The van der Waals surface area contributed by atoms with E-state index in [-0.39, 0.29) is 12.4 Å². The van der Waals surface area contributed by atoms with Crippen molar-refractivity contribution in [3.63, 3.8) is 0 Å². The Morgan fingerprint density at radius 3 is 2.53 bits per heavy atom. The van der Waals surface area contributed by atoms with Crippen LogP contribution in [0.15, 0.2) is 18.2 Å². The fourth-order valence-corrected chi connectivity index (χ4v) is 1.30. The van der Waals surface area contributed by atoms with Crippen molar-refractivity contribution in [1.82, 2.24) is 5.32 Å². The van der Waals surface area contributed by atoms with E-state index >= 15 is 0 Å². The summed E-state index contributed by atoms with van der Waals surface area (Å²) in [6.07, 6.45) is 0. The number of hydrogen-bond donors (Lipinski definition) is 1. The van der Waals surface area contributed by atoms with Gasteiger partial charge in [0, 0.05) is 6.54 Å². The van der Waals surface area contributed by atoms with Crippen molar-refractivity contribution in [3.8, 4) is 11.5 Å². The molecule has 0 saturated carbocycles. The molecule has 0 radical (unpaired) electrons. The lowest BCUT2D eigenvalue weighted by Crippen LogP contribution is -2.05. The van der Waals surface area contributed by atoms with E-state index < -0.39 is 0 Å². The van der Waals surface area contributed by atoms with Crippen LogP contribution in [0.3, 0.4) is 0 Å². The molecule has 4 heteroatoms. The first kappa shape index (κ1) is 14.1. The molecule has 0 spiro atoms. The summed E-state index contributed by atoms with van der Waals surface area (Å²) in [6.45, 7) is 3.45. The summed E-state index contributed by atoms with van der Waals surface area (Å²) in [5.41, 5.74) is 1.19. The third-order valence-electron chi connectivity index (χ3n) is 1.91. The molecule has 0 saturated heterocycles. The number of rotatable bonds is 5. The van der Waals surface area contributed by atoms with Gasteiger partial charge in [0.25, 0.3) is 0 Å². The van der Waals surface area contributed by atoms with Crippen LogP contribution in [0.5, 0.6) is 11.5 Å². The molecular formula is C11H18ClNO2. The van der Waals surface area contributed by atoms with Gasteiger partial charge in [0.15, 0.2) is 11.5 Å². The van der Waals surface area contributed by atoms with Crippen molar-refractivity contribution >= 4 is 12.4 Å². The fourth-order valence-electron chi connectivity index (χ4n) is 1.30. The highest BCUT2D eigenvalue weighted by Gasteiger charge is 2.04. The van der Waals surface area contributed by atoms with Crippen LogP contribution in [0.25, 0.3) is 0 Å². The molecule has 0 fully saturated rings. The van der Waals surface area contributed by atoms with Crippen LogP contribution in [0, 0.1) is 0 Å². The molecule has 1 rings (SSSR count). The number of halogens is 1. The minimum absolute atomic E-state index is 0. The lowest BCUT2D eigenvalue weighted by atomic mass is 10.2. The quantitative estimate of drug-likeness (QED) is 0.843. The number of hydrogen-bond acceptors (Lipinski definition) is 3. The number of benzene rings is 1. The van der Waals surface area contributed by atoms with Crippen molar-refractivity contribution in [1.29, 1.82) is 0 Å². The van der Waals surface area contributed by atoms with Gasteiger partial charge in [-0.2, -0.15) is 0 Å². The van der Waals surface area contributed by atoms with E-state index in [1.807, 2.05) is 32.2 Å². The van der Waals surface area contributed by atoms with Gasteiger partial charge in [-0.1, -0.05) is 6.07 Å². The SMILES string of the molecule is CCOc1ccc(CNC)cc1OC.Cl. The number of nitrogens with one attached hydrogen (secondary N) is 1. The van der Waals surface area contributed by atoms with E-state index in [1.54, 1.807) is 7.11 Å². The Morgan fingerprint density at radius 2 is 2.00 bits per heavy atom. The molecule has 0 amide bonds. The smallest absolute Gasteiger partial charge is 0.161 e. The van der Waals surface area contributed by atoms with Gasteiger partial charge in [-0.15, -0.1) is 12.4 Å². The first-order chi connectivity index (χ1) is 6.81. The normalized spacial score (nSPS) is 9.27. The summed E-state index contributed by atoms with van der Waals surface area (Å²) < 4.78 is 10.6. The van der Waals surface area contributed by atoms with E-state index in [2.05, 4.69) is 5.32 Å². The highest BCUT2D eigenvalue weighted by molar-refractivity contribution is 5.85. The summed E-state index contributed by atoms with van der Waals surface area (Å²) in [7, 11) is 3.57. The topological polar surface area (TPSA) is 30.5 Å². The predicted octanol–water partition coefficient (Wildman–Crippen LogP) is 2.24. The van der Waals surface area contributed by atoms with Gasteiger partial charge in [-0.3, -0.25) is 0 Å². The average Bonchev–Trinajstić information content (AvgIpc) is 2.21. The summed E-state index contributed by atoms with van der Waals surface area (Å²) in [5.74, 6) is 1.59. The monoisotopic (exact) mass is 231 g/mol. The minimum Gasteiger partial charge on any atom is -0.493 e. The van der Waals surface area contributed by atoms with Gasteiger partial charge in [0.1, 0.15) is 0 Å². The summed E-state index contributed by atoms with van der Waals surface area (Å²) in [5, 5.41) is 3.09. The van der Waals surface area contributed by atoms with Crippen LogP contribution in [0.1, 0.15) is 12.5 Å². The zero-order valence-electron chi connectivity index (χ0n) is 9.37. The van der Waals surface area contributed by atoms with Crippen LogP contribution in [0.4, 0.5) is 0 Å². The highest BCUT2D eigenvalue weighted by atomic mass is 35.5. The van der Waals surface area contributed by atoms with Gasteiger partial charge in [0.05, 0.1) is 13.7 Å². The van der Waals surface area contributed by atoms with E-state index in [9.17, 15) is 0 Å². The minimum atomic E-state index is 0. The standard InChI is InChI=1S/C11H17NO2.ClH/c1-4-14-10-6-5-9(8-12-2)7-11(10)13-3;/h5-7,12H,4,8H2,1-3H3;1H. The van der Waals surface area contributed by atoms with Crippen molar-refractivity contribution in [2.75, 3.05) is 20.8 Å². The maximum absolute atomic E-state index is 5.42. The maximum Gasteiger partial charge on any atom is 0.161 e. The second-order valence-corrected chi connectivity index (χ2v) is 2.95. The van der Waals surface area contributed by atoms with Crippen LogP contribution in [-0.2, 0) is 6.54 Å². The summed E-state index contributed by atoms with van der Waals surface area (Å²) in [6, 6.07) is 5.96. The average molecular weight is 232 g/mol. The van der Waals surface area contributed by atoms with E-state index in [4.69, 9.17) is 9.47 Å². The molecule has 0 bridgehead atoms. The Balaban J connectivity index is 0.00000196. The molecule has 1 aromatic carbocycles. The van der Waals surface area contributed by atoms with E-state index in [0.717, 1.165) is 18.0 Å². The third-order valence-corrected chi connectivity index (χ3v) is 1.91. The molecule has 0 aliphatic rings. The first-order valence-electron chi connectivity index (χ1n) is 4.76. The third kappa shape index (κ3) is 3.98. The molecule has 0 aromatic heterocycles. The van der Waals surface area contributed by atoms with Gasteiger partial charge >= 0.3 is 0 Å². The Bertz CT molecular complexity index is 292. The lowest BCUT2D eigenvalue weighted by Gasteiger charge is -2.10. The van der Waals surface area contributed by atoms with Crippen LogP contribution < -0.4 is 14.8 Å². The van der Waals surface area contributed by atoms with E-state index in [0.29, 0.717) is 6.61 Å². The molecule has 1 N–H and O–H groups in total. The fraction of sp³-hybridized carbons (Fsp3) is 0.455. The summed E-state index contributed by atoms with van der Waals surface area (Å²) >= 11 is 0. The maximum atomic E-state index is 5.42. The van der Waals surface area contributed by atoms with Crippen LogP contribution >= 0.6 is 12.4 Å². The number of methoxy groups -OCH3 is 1. The molecule has 3 nitrogen and oxygen atoms in total. The Morgan fingerprint density at radius 1 is 1.27 bits per heavy atom. The van der Waals surface area contributed by atoms with Crippen LogP contribution in [0.2, 0.25) is 0 Å². The molecule has 0 atom stereocenters. The van der Waals surface area contributed by atoms with E-state index in [1.165, 1.54) is 5.56 Å². The van der Waals surface area contributed by atoms with Gasteiger partial charge < -0.3 is 14.8 Å². The largest absolute Gasteiger partial charge is 0.493 e. The van der Waals surface area contributed by atoms with Crippen molar-refractivity contribution in [2.24, 2.45) is 0 Å². The van der Waals surface area contributed by atoms with Gasteiger partial charge in [0.2, 0.25) is 0 Å². The number of ether oxygens (including phenoxy) is 2. The lowest BCUT2D eigenvalue weighted by molar-refractivity contribution is 0.310. The van der Waals surface area contributed by atoms with Crippen molar-refractivity contribution in [3.05, 3.63) is 23.8 Å². The Hall–Kier alpha value is -0.930. The highest BCUT2D eigenvalue weighted by Crippen LogP contribution is 2.27. The molecule has 15 heavy (non-hydrogen) atoms. The second-order valence-electron chi connectivity index (χ2n) is 2.95. The van der Waals surface area contributed by atoms with Crippen LogP contribution in [-0.4, -0.2) is 20.8 Å². The van der Waals surface area contributed by atoms with Crippen molar-refractivity contribution in [2.45, 2.75) is 13.5 Å². The zero-order valence-corrected chi connectivity index (χ0v) is 10.2. The Labute approximate surface area is 97.2 Å². The van der Waals surface area contributed by atoms with Crippen molar-refractivity contribution < 1.29 is 9.47 Å². The molecule has 0 heterocycles. The second kappa shape index (κ2) is 7.37. The molecular weight excluding hydrogens is 214 g/mol.